The number of carboxylic acid groups (broad SMARTS) is 1. The smallest absolute Gasteiger partial charge is 0.405 e. The zero-order valence-corrected chi connectivity index (χ0v) is 35.3. The Morgan fingerprint density at radius 3 is 2.02 bits per heavy atom. The summed E-state index contributed by atoms with van der Waals surface area (Å²) in [6.07, 6.45) is -0.136. The number of aromatic nitrogens is 1. The highest BCUT2D eigenvalue weighted by Gasteiger charge is 2.44. The number of aliphatic hydroxyl groups is 1. The van der Waals surface area contributed by atoms with Gasteiger partial charge in [0.15, 0.2) is 0 Å². The number of rotatable bonds is 16. The molecule has 0 unspecified atom stereocenters. The van der Waals surface area contributed by atoms with E-state index < -0.39 is 53.1 Å². The molecule has 0 aliphatic carbocycles. The minimum Gasteiger partial charge on any atom is -0.465 e. The minimum atomic E-state index is -1.32. The molecular weight excluding hydrogens is 745 g/mol. The first-order valence-electron chi connectivity index (χ1n) is 20.3. The standard InChI is InChI=1S/C47H60N6O6/c1-31-14-13-17-34(26-31)30-52-24-25-53(45(52)59)41(47(5,6)7)43(56)50-38(28-32-15-9-8-10-16-32)39(54)29-36(49-42(55)40(46(2,3)4)51-44(57)58)27-33-19-21-35(22-20-33)37-18-11-12-23-48-37/h8-23,26,36,38-41,51,54H,24-25,27-30H2,1-7H3,(H,49,55)(H,50,56)(H,57,58)/t36-,38+,39+,40-,41-/m1/s1. The number of nitrogens with one attached hydrogen (secondary N) is 3. The summed E-state index contributed by atoms with van der Waals surface area (Å²) >= 11 is 0. The number of hydrogen-bond donors (Lipinski definition) is 5. The third-order valence-electron chi connectivity index (χ3n) is 10.7. The number of hydrogen-bond acceptors (Lipinski definition) is 6. The third kappa shape index (κ3) is 12.4. The summed E-state index contributed by atoms with van der Waals surface area (Å²) in [5.74, 6) is -0.909. The fraction of sp³-hybridized carbons (Fsp3) is 0.426. The maximum atomic E-state index is 14.6. The van der Waals surface area contributed by atoms with E-state index in [-0.39, 0.29) is 24.8 Å². The van der Waals surface area contributed by atoms with E-state index in [0.717, 1.165) is 33.5 Å². The van der Waals surface area contributed by atoms with Crippen molar-refractivity contribution in [1.29, 1.82) is 0 Å². The van der Waals surface area contributed by atoms with Crippen molar-refractivity contribution in [2.75, 3.05) is 13.1 Å². The molecule has 0 bridgehead atoms. The van der Waals surface area contributed by atoms with Crippen LogP contribution in [0, 0.1) is 17.8 Å². The lowest BCUT2D eigenvalue weighted by molar-refractivity contribution is -0.131. The van der Waals surface area contributed by atoms with Crippen LogP contribution >= 0.6 is 0 Å². The van der Waals surface area contributed by atoms with Crippen LogP contribution in [0.25, 0.3) is 11.3 Å². The van der Waals surface area contributed by atoms with Crippen LogP contribution < -0.4 is 16.0 Å². The summed E-state index contributed by atoms with van der Waals surface area (Å²) in [5, 5.41) is 30.4. The van der Waals surface area contributed by atoms with Crippen LogP contribution in [0.3, 0.4) is 0 Å². The second kappa shape index (κ2) is 19.3. The first kappa shape index (κ1) is 44.4. The number of aryl methyl sites for hydroxylation is 1. The highest BCUT2D eigenvalue weighted by molar-refractivity contribution is 5.89. The molecule has 5 atom stereocenters. The van der Waals surface area contributed by atoms with E-state index in [9.17, 15) is 29.4 Å². The summed E-state index contributed by atoms with van der Waals surface area (Å²) in [7, 11) is 0. The molecule has 3 aromatic carbocycles. The Labute approximate surface area is 348 Å². The van der Waals surface area contributed by atoms with E-state index >= 15 is 0 Å². The average Bonchev–Trinajstić information content (AvgIpc) is 3.51. The number of aliphatic hydroxyl groups excluding tert-OH is 1. The maximum absolute atomic E-state index is 14.6. The minimum absolute atomic E-state index is 0.0303. The Bertz CT molecular complexity index is 2030. The fourth-order valence-electron chi connectivity index (χ4n) is 7.80. The molecule has 0 radical (unpaired) electrons. The van der Waals surface area contributed by atoms with Gasteiger partial charge in [0.1, 0.15) is 12.1 Å². The van der Waals surface area contributed by atoms with E-state index in [0.29, 0.717) is 26.1 Å². The maximum Gasteiger partial charge on any atom is 0.405 e. The highest BCUT2D eigenvalue weighted by atomic mass is 16.4. The molecule has 4 aromatic rings. The van der Waals surface area contributed by atoms with Gasteiger partial charge in [-0.15, -0.1) is 0 Å². The highest BCUT2D eigenvalue weighted by Crippen LogP contribution is 2.30. The van der Waals surface area contributed by atoms with Crippen molar-refractivity contribution in [3.8, 4) is 11.3 Å². The topological polar surface area (TPSA) is 164 Å². The molecule has 1 fully saturated rings. The molecule has 1 aromatic heterocycles. The van der Waals surface area contributed by atoms with Gasteiger partial charge in [0.05, 0.1) is 17.8 Å². The van der Waals surface area contributed by atoms with Crippen LogP contribution in [0.2, 0.25) is 0 Å². The molecule has 5 rings (SSSR count). The zero-order valence-electron chi connectivity index (χ0n) is 35.3. The van der Waals surface area contributed by atoms with Crippen LogP contribution in [-0.2, 0) is 29.0 Å². The van der Waals surface area contributed by atoms with Gasteiger partial charge in [-0.25, -0.2) is 9.59 Å². The molecule has 0 spiro atoms. The summed E-state index contributed by atoms with van der Waals surface area (Å²) < 4.78 is 0. The van der Waals surface area contributed by atoms with E-state index in [1.54, 1.807) is 36.8 Å². The van der Waals surface area contributed by atoms with Crippen molar-refractivity contribution >= 4 is 23.9 Å². The molecule has 0 saturated carbocycles. The molecule has 12 nitrogen and oxygen atoms in total. The van der Waals surface area contributed by atoms with E-state index in [4.69, 9.17) is 0 Å². The van der Waals surface area contributed by atoms with Gasteiger partial charge in [-0.05, 0) is 65.8 Å². The SMILES string of the molecule is Cc1cccc(CN2CCN([C@H](C(=O)N[C@@H](Cc3ccccc3)[C@@H](O)C[C@@H](Cc3ccc(-c4ccccn4)cc3)NC(=O)[C@@H](NC(=O)O)C(C)(C)C)C(C)(C)C)C2=O)c1. The molecule has 1 aliphatic heterocycles. The number of benzene rings is 3. The molecule has 1 aliphatic rings. The fourth-order valence-corrected chi connectivity index (χ4v) is 7.80. The molecule has 1 saturated heterocycles. The summed E-state index contributed by atoms with van der Waals surface area (Å²) in [4.78, 5) is 62.0. The predicted molar refractivity (Wildman–Crippen MR) is 229 cm³/mol. The Kier molecular flexibility index (Phi) is 14.5. The lowest BCUT2D eigenvalue weighted by Gasteiger charge is -2.38. The van der Waals surface area contributed by atoms with Crippen molar-refractivity contribution in [1.82, 2.24) is 30.7 Å². The molecule has 5 amide bonds. The summed E-state index contributed by atoms with van der Waals surface area (Å²) in [6.45, 7) is 14.4. The monoisotopic (exact) mass is 804 g/mol. The number of amides is 5. The second-order valence-corrected chi connectivity index (χ2v) is 17.8. The molecule has 5 N–H and O–H groups in total. The van der Waals surface area contributed by atoms with Gasteiger partial charge in [0.2, 0.25) is 11.8 Å². The Hall–Kier alpha value is -5.75. The van der Waals surface area contributed by atoms with Gasteiger partial charge in [-0.3, -0.25) is 14.6 Å². The number of carbonyl (C=O) groups is 4. The average molecular weight is 805 g/mol. The van der Waals surface area contributed by atoms with Gasteiger partial charge in [-0.2, -0.15) is 0 Å². The van der Waals surface area contributed by atoms with Crippen LogP contribution in [0.4, 0.5) is 9.59 Å². The van der Waals surface area contributed by atoms with Crippen LogP contribution in [0.15, 0.2) is 103 Å². The number of urea groups is 1. The lowest BCUT2D eigenvalue weighted by atomic mass is 9.84. The summed E-state index contributed by atoms with van der Waals surface area (Å²) in [5.41, 5.74) is 4.20. The van der Waals surface area contributed by atoms with Crippen LogP contribution in [0.1, 0.15) is 70.2 Å². The van der Waals surface area contributed by atoms with E-state index in [2.05, 4.69) is 27.0 Å². The van der Waals surface area contributed by atoms with E-state index in [1.807, 2.05) is 119 Å². The van der Waals surface area contributed by atoms with Crippen molar-refractivity contribution in [2.24, 2.45) is 10.8 Å². The predicted octanol–water partition coefficient (Wildman–Crippen LogP) is 6.60. The number of pyridine rings is 1. The third-order valence-corrected chi connectivity index (χ3v) is 10.7. The van der Waals surface area contributed by atoms with Gasteiger partial charge >= 0.3 is 12.1 Å². The Morgan fingerprint density at radius 2 is 1.41 bits per heavy atom. The Morgan fingerprint density at radius 1 is 0.746 bits per heavy atom. The largest absolute Gasteiger partial charge is 0.465 e. The normalized spacial score (nSPS) is 15.8. The first-order valence-corrected chi connectivity index (χ1v) is 20.3. The first-order chi connectivity index (χ1) is 27.9. The second-order valence-electron chi connectivity index (χ2n) is 17.8. The lowest BCUT2D eigenvalue weighted by Crippen LogP contribution is -2.59. The quantitative estimate of drug-likeness (QED) is 0.0853. The van der Waals surface area contributed by atoms with Crippen molar-refractivity contribution in [2.45, 2.75) is 105 Å². The van der Waals surface area contributed by atoms with Gasteiger partial charge in [-0.1, -0.05) is 132 Å². The van der Waals surface area contributed by atoms with Crippen molar-refractivity contribution in [3.05, 3.63) is 126 Å². The van der Waals surface area contributed by atoms with Gasteiger partial charge < -0.3 is 36.0 Å². The molecule has 59 heavy (non-hydrogen) atoms. The van der Waals surface area contributed by atoms with Gasteiger partial charge in [0.25, 0.3) is 0 Å². The van der Waals surface area contributed by atoms with Crippen molar-refractivity contribution in [3.63, 3.8) is 0 Å². The molecule has 314 valence electrons. The molecule has 12 heteroatoms. The van der Waals surface area contributed by atoms with Gasteiger partial charge in [0, 0.05) is 37.4 Å². The zero-order chi connectivity index (χ0) is 42.9. The number of carbonyl (C=O) groups excluding carboxylic acids is 3. The van der Waals surface area contributed by atoms with Crippen LogP contribution in [-0.4, -0.2) is 92.3 Å². The van der Waals surface area contributed by atoms with Crippen LogP contribution in [0.5, 0.6) is 0 Å². The number of nitrogens with zero attached hydrogens (tertiary/aromatic N) is 3. The Balaban J connectivity index is 1.41. The summed E-state index contributed by atoms with van der Waals surface area (Å²) in [6, 6.07) is 27.4. The van der Waals surface area contributed by atoms with E-state index in [1.165, 1.54) is 0 Å². The molecular formula is C47H60N6O6. The van der Waals surface area contributed by atoms with Crippen molar-refractivity contribution < 1.29 is 29.4 Å². The molecule has 2 heterocycles.